The second-order valence-electron chi connectivity index (χ2n) is 4.03. The lowest BCUT2D eigenvalue weighted by Crippen LogP contribution is -3.07. The lowest BCUT2D eigenvalue weighted by Gasteiger charge is -2.18. The maximum atomic E-state index is 5.36. The summed E-state index contributed by atoms with van der Waals surface area (Å²) in [6.07, 6.45) is 0. The van der Waals surface area contributed by atoms with Gasteiger partial charge < -0.3 is 20.1 Å². The molecule has 4 nitrogen and oxygen atoms in total. The summed E-state index contributed by atoms with van der Waals surface area (Å²) in [5.41, 5.74) is 5.24. The largest absolute Gasteiger partial charge is 0.454 e. The molecule has 0 aromatic heterocycles. The molecule has 0 radical (unpaired) electrons. The Labute approximate surface area is 89.6 Å². The van der Waals surface area contributed by atoms with Crippen LogP contribution in [0.25, 0.3) is 0 Å². The van der Waals surface area contributed by atoms with Crippen LogP contribution in [-0.2, 0) is 0 Å². The Hall–Kier alpha value is -1.26. The monoisotopic (exact) mass is 210 g/mol. The van der Waals surface area contributed by atoms with Gasteiger partial charge in [0.15, 0.2) is 17.5 Å². The summed E-state index contributed by atoms with van der Waals surface area (Å²) >= 11 is 0. The van der Waals surface area contributed by atoms with Gasteiger partial charge in [-0.2, -0.15) is 0 Å². The van der Waals surface area contributed by atoms with Crippen LogP contribution >= 0.6 is 0 Å². The van der Waals surface area contributed by atoms with Gasteiger partial charge in [0, 0.05) is 5.56 Å². The van der Waals surface area contributed by atoms with Crippen LogP contribution in [0.2, 0.25) is 0 Å². The predicted octanol–water partition coefficient (Wildman–Crippen LogP) is -1.16. The number of quaternary nitrogens is 2. The molecule has 4 heteroatoms. The van der Waals surface area contributed by atoms with Crippen molar-refractivity contribution in [2.45, 2.75) is 6.04 Å². The van der Waals surface area contributed by atoms with E-state index >= 15 is 0 Å². The number of hydrogen-bond donors (Lipinski definition) is 2. The molecule has 15 heavy (non-hydrogen) atoms. The molecule has 0 spiro atoms. The molecule has 0 unspecified atom stereocenters. The average molecular weight is 210 g/mol. The zero-order valence-corrected chi connectivity index (χ0v) is 9.25. The van der Waals surface area contributed by atoms with Gasteiger partial charge in [0.25, 0.3) is 0 Å². The van der Waals surface area contributed by atoms with E-state index in [1.807, 2.05) is 6.07 Å². The minimum absolute atomic E-state index is 0.336. The SMILES string of the molecule is C[NH+](C)[C@H](C[NH3+])c1ccc2c(c1)OCO2. The van der Waals surface area contributed by atoms with Gasteiger partial charge in [-0.1, -0.05) is 0 Å². The van der Waals surface area contributed by atoms with Crippen molar-refractivity contribution in [2.24, 2.45) is 0 Å². The van der Waals surface area contributed by atoms with Crippen molar-refractivity contribution in [3.63, 3.8) is 0 Å². The van der Waals surface area contributed by atoms with Gasteiger partial charge in [-0.3, -0.25) is 0 Å². The number of ether oxygens (including phenoxy) is 2. The van der Waals surface area contributed by atoms with Crippen LogP contribution in [0, 0.1) is 0 Å². The van der Waals surface area contributed by atoms with E-state index in [0.717, 1.165) is 18.0 Å². The van der Waals surface area contributed by atoms with Crippen molar-refractivity contribution in [3.05, 3.63) is 23.8 Å². The molecule has 1 atom stereocenters. The van der Waals surface area contributed by atoms with E-state index < -0.39 is 0 Å². The van der Waals surface area contributed by atoms with Gasteiger partial charge >= 0.3 is 0 Å². The normalized spacial score (nSPS) is 15.7. The Kier molecular flexibility index (Phi) is 2.79. The minimum Gasteiger partial charge on any atom is -0.454 e. The highest BCUT2D eigenvalue weighted by Crippen LogP contribution is 2.33. The molecule has 4 N–H and O–H groups in total. The number of benzene rings is 1. The van der Waals surface area contributed by atoms with E-state index in [4.69, 9.17) is 9.47 Å². The van der Waals surface area contributed by atoms with Crippen LogP contribution in [0.4, 0.5) is 0 Å². The lowest BCUT2D eigenvalue weighted by molar-refractivity contribution is -0.899. The first-order valence-corrected chi connectivity index (χ1v) is 5.21. The molecule has 0 amide bonds. The van der Waals surface area contributed by atoms with Crippen LogP contribution in [0.15, 0.2) is 18.2 Å². The summed E-state index contributed by atoms with van der Waals surface area (Å²) in [4.78, 5) is 1.38. The molecule has 1 aromatic rings. The van der Waals surface area contributed by atoms with Crippen molar-refractivity contribution in [2.75, 3.05) is 27.4 Å². The standard InChI is InChI=1S/C11H16N2O2/c1-13(2)9(6-12)8-3-4-10-11(5-8)15-7-14-10/h3-5,9H,6-7,12H2,1-2H3/p+2/t9-/m1/s1. The highest BCUT2D eigenvalue weighted by atomic mass is 16.7. The third kappa shape index (κ3) is 1.91. The summed E-state index contributed by atoms with van der Waals surface area (Å²) in [5.74, 6) is 1.70. The molecule has 0 aliphatic carbocycles. The molecule has 0 saturated heterocycles. The maximum Gasteiger partial charge on any atom is 0.231 e. The molecule has 0 saturated carbocycles. The Morgan fingerprint density at radius 2 is 2.07 bits per heavy atom. The lowest BCUT2D eigenvalue weighted by atomic mass is 10.1. The van der Waals surface area contributed by atoms with E-state index in [1.54, 1.807) is 0 Å². The molecular weight excluding hydrogens is 192 g/mol. The summed E-state index contributed by atoms with van der Waals surface area (Å²) in [6.45, 7) is 1.21. The molecule has 0 bridgehead atoms. The van der Waals surface area contributed by atoms with Crippen LogP contribution in [0.5, 0.6) is 11.5 Å². The smallest absolute Gasteiger partial charge is 0.231 e. The van der Waals surface area contributed by atoms with E-state index in [1.165, 1.54) is 10.5 Å². The first kappa shape index (κ1) is 10.3. The van der Waals surface area contributed by atoms with Crippen LogP contribution < -0.4 is 20.1 Å². The zero-order valence-electron chi connectivity index (χ0n) is 9.25. The molecule has 1 aliphatic rings. The van der Waals surface area contributed by atoms with Crippen molar-refractivity contribution in [3.8, 4) is 11.5 Å². The number of nitrogens with one attached hydrogen (secondary N) is 1. The van der Waals surface area contributed by atoms with Crippen molar-refractivity contribution in [1.82, 2.24) is 0 Å². The highest BCUT2D eigenvalue weighted by Gasteiger charge is 2.21. The second kappa shape index (κ2) is 4.08. The zero-order chi connectivity index (χ0) is 10.8. The summed E-state index contributed by atoms with van der Waals surface area (Å²) in [5, 5.41) is 0. The van der Waals surface area contributed by atoms with Crippen molar-refractivity contribution < 1.29 is 20.1 Å². The van der Waals surface area contributed by atoms with Gasteiger partial charge in [-0.25, -0.2) is 0 Å². The Balaban J connectivity index is 2.28. The number of rotatable bonds is 3. The third-order valence-corrected chi connectivity index (χ3v) is 2.78. The molecule has 82 valence electrons. The fraction of sp³-hybridized carbons (Fsp3) is 0.455. The third-order valence-electron chi connectivity index (χ3n) is 2.78. The Bertz CT molecular complexity index is 352. The van der Waals surface area contributed by atoms with E-state index in [9.17, 15) is 0 Å². The number of hydrogen-bond acceptors (Lipinski definition) is 2. The van der Waals surface area contributed by atoms with Gasteiger partial charge in [0.1, 0.15) is 6.54 Å². The summed E-state index contributed by atoms with van der Waals surface area (Å²) in [7, 11) is 4.28. The molecule has 2 rings (SSSR count). The van der Waals surface area contributed by atoms with Crippen molar-refractivity contribution in [1.29, 1.82) is 0 Å². The highest BCUT2D eigenvalue weighted by molar-refractivity contribution is 5.45. The van der Waals surface area contributed by atoms with Gasteiger partial charge in [-0.15, -0.1) is 0 Å². The Morgan fingerprint density at radius 3 is 2.73 bits per heavy atom. The summed E-state index contributed by atoms with van der Waals surface area (Å²) < 4.78 is 10.6. The van der Waals surface area contributed by atoms with E-state index in [0.29, 0.717) is 12.8 Å². The molecule has 1 aromatic carbocycles. The van der Waals surface area contributed by atoms with Crippen LogP contribution in [0.1, 0.15) is 11.6 Å². The quantitative estimate of drug-likeness (QED) is 0.661. The first-order valence-electron chi connectivity index (χ1n) is 5.21. The topological polar surface area (TPSA) is 50.5 Å². The van der Waals surface area contributed by atoms with Gasteiger partial charge in [0.2, 0.25) is 6.79 Å². The van der Waals surface area contributed by atoms with Crippen LogP contribution in [-0.4, -0.2) is 27.4 Å². The van der Waals surface area contributed by atoms with E-state index in [2.05, 4.69) is 32.0 Å². The number of fused-ring (bicyclic) bond motifs is 1. The molecule has 0 fully saturated rings. The first-order chi connectivity index (χ1) is 7.22. The summed E-state index contributed by atoms with van der Waals surface area (Å²) in [6, 6.07) is 6.55. The fourth-order valence-electron chi connectivity index (χ4n) is 1.92. The molecule has 1 aliphatic heterocycles. The van der Waals surface area contributed by atoms with Gasteiger partial charge in [-0.05, 0) is 18.2 Å². The van der Waals surface area contributed by atoms with E-state index in [-0.39, 0.29) is 0 Å². The maximum absolute atomic E-state index is 5.36. The van der Waals surface area contributed by atoms with Crippen LogP contribution in [0.3, 0.4) is 0 Å². The van der Waals surface area contributed by atoms with Gasteiger partial charge in [0.05, 0.1) is 14.1 Å². The van der Waals surface area contributed by atoms with Crippen molar-refractivity contribution >= 4 is 0 Å². The Morgan fingerprint density at radius 1 is 1.33 bits per heavy atom. The fourth-order valence-corrected chi connectivity index (χ4v) is 1.92. The minimum atomic E-state index is 0.336. The second-order valence-corrected chi connectivity index (χ2v) is 4.03. The number of likely N-dealkylation sites (N-methyl/N-ethyl adjacent to an activating group) is 1. The predicted molar refractivity (Wildman–Crippen MR) is 55.9 cm³/mol. The molecule has 1 heterocycles. The average Bonchev–Trinajstić information content (AvgIpc) is 2.65. The molecular formula is C11H18N2O2+2.